The molecule has 148 valence electrons. The summed E-state index contributed by atoms with van der Waals surface area (Å²) in [4.78, 5) is 4.00. The zero-order valence-electron chi connectivity index (χ0n) is 15.2. The van der Waals surface area contributed by atoms with Crippen LogP contribution in [0.1, 0.15) is 11.1 Å². The molecule has 0 radical (unpaired) electrons. The molecule has 5 nitrogen and oxygen atoms in total. The van der Waals surface area contributed by atoms with Crippen LogP contribution in [0.2, 0.25) is 0 Å². The van der Waals surface area contributed by atoms with E-state index in [1.807, 2.05) is 6.07 Å². The average Bonchev–Trinajstić information content (AvgIpc) is 3.08. The number of pyridine rings is 1. The van der Waals surface area contributed by atoms with Crippen LogP contribution >= 0.6 is 12.4 Å². The van der Waals surface area contributed by atoms with Gasteiger partial charge >= 0.3 is 0 Å². The highest BCUT2D eigenvalue weighted by atomic mass is 35.5. The molecule has 1 N–H and O–H groups in total. The smallest absolute Gasteiger partial charge is 0.242 e. The summed E-state index contributed by atoms with van der Waals surface area (Å²) in [6.07, 6.45) is 8.18. The summed E-state index contributed by atoms with van der Waals surface area (Å²) in [5.41, 5.74) is 2.57. The van der Waals surface area contributed by atoms with E-state index in [-0.39, 0.29) is 18.2 Å². The zero-order chi connectivity index (χ0) is 19.3. The third kappa shape index (κ3) is 5.28. The molecule has 3 rings (SSSR count). The van der Waals surface area contributed by atoms with Gasteiger partial charge in [0.25, 0.3) is 0 Å². The third-order valence-electron chi connectivity index (χ3n) is 3.95. The Morgan fingerprint density at radius 3 is 2.71 bits per heavy atom. The van der Waals surface area contributed by atoms with Crippen LogP contribution < -0.4 is 5.32 Å². The van der Waals surface area contributed by atoms with E-state index in [4.69, 9.17) is 0 Å². The average molecular weight is 422 g/mol. The number of hydrogen-bond donors (Lipinski definition) is 1. The number of nitrogens with one attached hydrogen (secondary N) is 1. The largest absolute Gasteiger partial charge is 0.316 e. The summed E-state index contributed by atoms with van der Waals surface area (Å²) in [5, 5.41) is 3.00. The van der Waals surface area contributed by atoms with Crippen LogP contribution in [0.25, 0.3) is 17.3 Å². The lowest BCUT2D eigenvalue weighted by atomic mass is 10.1. The van der Waals surface area contributed by atoms with Gasteiger partial charge in [-0.2, -0.15) is 0 Å². The monoisotopic (exact) mass is 421 g/mol. The lowest BCUT2D eigenvalue weighted by molar-refractivity contribution is 0.591. The maximum atomic E-state index is 13.6. The van der Waals surface area contributed by atoms with Gasteiger partial charge < -0.3 is 5.32 Å². The Bertz CT molecular complexity index is 1050. The van der Waals surface area contributed by atoms with E-state index in [2.05, 4.69) is 10.3 Å². The van der Waals surface area contributed by atoms with E-state index in [0.29, 0.717) is 17.8 Å². The second-order valence-corrected chi connectivity index (χ2v) is 7.93. The highest BCUT2D eigenvalue weighted by Crippen LogP contribution is 2.25. The van der Waals surface area contributed by atoms with Gasteiger partial charge in [-0.3, -0.25) is 4.98 Å². The minimum atomic E-state index is -3.66. The van der Waals surface area contributed by atoms with Gasteiger partial charge in [-0.05, 0) is 42.4 Å². The van der Waals surface area contributed by atoms with Crippen molar-refractivity contribution >= 4 is 28.5 Å². The lowest BCUT2D eigenvalue weighted by Crippen LogP contribution is -2.15. The predicted octanol–water partition coefficient (Wildman–Crippen LogP) is 3.72. The number of halogens is 2. The second-order valence-electron chi connectivity index (χ2n) is 6.04. The van der Waals surface area contributed by atoms with Crippen molar-refractivity contribution in [3.05, 3.63) is 84.1 Å². The number of benzene rings is 1. The van der Waals surface area contributed by atoms with Crippen LogP contribution in [0.15, 0.2) is 67.1 Å². The summed E-state index contributed by atoms with van der Waals surface area (Å²) < 4.78 is 40.7. The molecule has 3 aromatic rings. The number of aromatic nitrogens is 2. The Kier molecular flexibility index (Phi) is 7.51. The SMILES string of the molecule is CNCc1cc(-c2cccc(F)c2)n(S(=O)(=O)CC=Cc2cccnc2)c1.Cl. The molecule has 0 bridgehead atoms. The minimum Gasteiger partial charge on any atom is -0.316 e. The molecule has 0 atom stereocenters. The van der Waals surface area contributed by atoms with Crippen molar-refractivity contribution in [2.75, 3.05) is 12.8 Å². The van der Waals surface area contributed by atoms with Gasteiger partial charge in [0.05, 0.1) is 11.4 Å². The van der Waals surface area contributed by atoms with E-state index < -0.39 is 15.8 Å². The van der Waals surface area contributed by atoms with E-state index in [1.165, 1.54) is 16.1 Å². The van der Waals surface area contributed by atoms with Crippen LogP contribution in [0.5, 0.6) is 0 Å². The van der Waals surface area contributed by atoms with Crippen molar-refractivity contribution in [2.24, 2.45) is 0 Å². The molecule has 2 aromatic heterocycles. The Morgan fingerprint density at radius 1 is 1.21 bits per heavy atom. The molecule has 8 heteroatoms. The summed E-state index contributed by atoms with van der Waals surface area (Å²) >= 11 is 0. The zero-order valence-corrected chi connectivity index (χ0v) is 16.9. The van der Waals surface area contributed by atoms with Gasteiger partial charge in [-0.25, -0.2) is 16.8 Å². The van der Waals surface area contributed by atoms with Crippen LogP contribution in [0, 0.1) is 5.82 Å². The molecule has 28 heavy (non-hydrogen) atoms. The molecule has 1 aromatic carbocycles. The van der Waals surface area contributed by atoms with E-state index in [9.17, 15) is 12.8 Å². The van der Waals surface area contributed by atoms with Crippen molar-refractivity contribution in [3.63, 3.8) is 0 Å². The first kappa shape index (κ1) is 21.8. The van der Waals surface area contributed by atoms with E-state index in [0.717, 1.165) is 11.1 Å². The van der Waals surface area contributed by atoms with Gasteiger partial charge in [0.1, 0.15) is 5.82 Å². The number of hydrogen-bond acceptors (Lipinski definition) is 4. The van der Waals surface area contributed by atoms with E-state index in [1.54, 1.807) is 62.1 Å². The molecular weight excluding hydrogens is 401 g/mol. The summed E-state index contributed by atoms with van der Waals surface area (Å²) in [6.45, 7) is 0.510. The first-order valence-corrected chi connectivity index (χ1v) is 10.0. The number of rotatable bonds is 7. The maximum Gasteiger partial charge on any atom is 0.242 e. The van der Waals surface area contributed by atoms with Gasteiger partial charge in [0, 0.05) is 30.7 Å². The molecule has 0 amide bonds. The standard InChI is InChI=1S/C20H20FN3O2S.ClH/c1-22-13-17-11-20(18-7-2-8-19(21)12-18)24(15-17)27(25,26)10-4-6-16-5-3-9-23-14-16;/h2-9,11-12,14-15,22H,10,13H2,1H3;1H. The minimum absolute atomic E-state index is 0. The normalized spacial score (nSPS) is 11.5. The van der Waals surface area contributed by atoms with Crippen molar-refractivity contribution in [3.8, 4) is 11.3 Å². The van der Waals surface area contributed by atoms with Gasteiger partial charge in [-0.1, -0.05) is 30.4 Å². The highest BCUT2D eigenvalue weighted by molar-refractivity contribution is 7.90. The number of nitrogens with zero attached hydrogens (tertiary/aromatic N) is 2. The highest BCUT2D eigenvalue weighted by Gasteiger charge is 2.18. The fourth-order valence-corrected chi connectivity index (χ4v) is 4.00. The van der Waals surface area contributed by atoms with Crippen molar-refractivity contribution in [1.29, 1.82) is 0 Å². The molecule has 0 saturated heterocycles. The van der Waals surface area contributed by atoms with Crippen LogP contribution in [-0.4, -0.2) is 30.2 Å². The molecule has 0 fully saturated rings. The molecule has 0 spiro atoms. The van der Waals surface area contributed by atoms with Crippen LogP contribution in [0.3, 0.4) is 0 Å². The molecule has 0 aliphatic rings. The molecular formula is C20H21ClFN3O2S. The Morgan fingerprint density at radius 2 is 2.04 bits per heavy atom. The van der Waals surface area contributed by atoms with Crippen molar-refractivity contribution in [1.82, 2.24) is 14.3 Å². The summed E-state index contributed by atoms with van der Waals surface area (Å²) in [5.74, 6) is -0.595. The Hall–Kier alpha value is -2.48. The fourth-order valence-electron chi connectivity index (χ4n) is 2.75. The lowest BCUT2D eigenvalue weighted by Gasteiger charge is -2.09. The van der Waals surface area contributed by atoms with Crippen molar-refractivity contribution < 1.29 is 12.8 Å². The predicted molar refractivity (Wildman–Crippen MR) is 112 cm³/mol. The molecule has 2 heterocycles. The summed E-state index contributed by atoms with van der Waals surface area (Å²) in [6, 6.07) is 11.3. The first-order valence-electron chi connectivity index (χ1n) is 8.41. The Labute approximate surface area is 170 Å². The van der Waals surface area contributed by atoms with Gasteiger partial charge in [0.2, 0.25) is 10.0 Å². The maximum absolute atomic E-state index is 13.6. The molecule has 0 aliphatic carbocycles. The summed E-state index contributed by atoms with van der Waals surface area (Å²) in [7, 11) is -1.88. The van der Waals surface area contributed by atoms with Gasteiger partial charge in [0.15, 0.2) is 0 Å². The van der Waals surface area contributed by atoms with Crippen LogP contribution in [-0.2, 0) is 16.6 Å². The van der Waals surface area contributed by atoms with E-state index >= 15 is 0 Å². The molecule has 0 aliphatic heterocycles. The third-order valence-corrected chi connectivity index (χ3v) is 5.46. The van der Waals surface area contributed by atoms with Crippen LogP contribution in [0.4, 0.5) is 4.39 Å². The molecule has 0 saturated carbocycles. The van der Waals surface area contributed by atoms with Crippen molar-refractivity contribution in [2.45, 2.75) is 6.54 Å². The fraction of sp³-hybridized carbons (Fsp3) is 0.150. The Balaban J connectivity index is 0.00000280. The second kappa shape index (κ2) is 9.64. The van der Waals surface area contributed by atoms with Gasteiger partial charge in [-0.15, -0.1) is 12.4 Å². The molecule has 0 unspecified atom stereocenters. The topological polar surface area (TPSA) is 64.0 Å². The first-order chi connectivity index (χ1) is 13.0. The quantitative estimate of drug-likeness (QED) is 0.631.